The molecule has 0 spiro atoms. The van der Waals surface area contributed by atoms with Gasteiger partial charge in [-0.15, -0.1) is 0 Å². The second kappa shape index (κ2) is 9.64. The molecule has 0 bridgehead atoms. The van der Waals surface area contributed by atoms with Gasteiger partial charge in [0.1, 0.15) is 5.75 Å². The second-order valence-corrected chi connectivity index (χ2v) is 6.05. The van der Waals surface area contributed by atoms with Crippen LogP contribution in [-0.2, 0) is 11.3 Å². The van der Waals surface area contributed by atoms with Crippen molar-refractivity contribution in [1.29, 1.82) is 0 Å². The van der Waals surface area contributed by atoms with Crippen LogP contribution in [0.5, 0.6) is 5.75 Å². The van der Waals surface area contributed by atoms with Crippen molar-refractivity contribution in [3.8, 4) is 5.75 Å². The van der Waals surface area contributed by atoms with Gasteiger partial charge in [-0.1, -0.05) is 42.5 Å². The summed E-state index contributed by atoms with van der Waals surface area (Å²) in [4.78, 5) is 11.8. The van der Waals surface area contributed by atoms with Gasteiger partial charge in [-0.05, 0) is 48.8 Å². The Balaban J connectivity index is 1.63. The molecule has 3 N–H and O–H groups in total. The number of carbonyl (C=O) groups is 1. The molecule has 2 rings (SSSR count). The monoisotopic (exact) mass is 357 g/mol. The molecule has 25 heavy (non-hydrogen) atoms. The lowest BCUT2D eigenvalue weighted by Gasteiger charge is -2.13. The minimum atomic E-state index is -0.186. The number of amides is 1. The molecule has 1 amide bonds. The number of ether oxygens (including phenoxy) is 1. The molecule has 0 aliphatic carbocycles. The van der Waals surface area contributed by atoms with E-state index in [1.165, 1.54) is 5.56 Å². The molecule has 0 saturated heterocycles. The summed E-state index contributed by atoms with van der Waals surface area (Å²) in [5, 5.41) is 3.39. The molecule has 0 saturated carbocycles. The molecular weight excluding hydrogens is 334 g/mol. The van der Waals surface area contributed by atoms with Crippen molar-refractivity contribution in [2.45, 2.75) is 26.8 Å². The number of hydrogen-bond donors (Lipinski definition) is 3. The molecule has 0 unspecified atom stereocenters. The van der Waals surface area contributed by atoms with Crippen LogP contribution in [-0.4, -0.2) is 17.6 Å². The summed E-state index contributed by atoms with van der Waals surface area (Å²) >= 11 is 5.12. The van der Waals surface area contributed by atoms with Gasteiger partial charge in [0, 0.05) is 6.54 Å². The van der Waals surface area contributed by atoms with Crippen molar-refractivity contribution >= 4 is 23.2 Å². The quantitative estimate of drug-likeness (QED) is 0.548. The van der Waals surface area contributed by atoms with Crippen LogP contribution in [0.15, 0.2) is 48.5 Å². The summed E-state index contributed by atoms with van der Waals surface area (Å²) in [6, 6.07) is 15.8. The van der Waals surface area contributed by atoms with Gasteiger partial charge in [-0.3, -0.25) is 15.6 Å². The number of aryl methyl sites for hydroxylation is 1. The van der Waals surface area contributed by atoms with Crippen molar-refractivity contribution in [1.82, 2.24) is 16.2 Å². The minimum absolute atomic E-state index is 0.186. The average Bonchev–Trinajstić information content (AvgIpc) is 2.62. The Kier molecular flexibility index (Phi) is 7.22. The van der Waals surface area contributed by atoms with Gasteiger partial charge in [0.2, 0.25) is 5.91 Å². The molecule has 0 fully saturated rings. The van der Waals surface area contributed by atoms with E-state index in [9.17, 15) is 4.79 Å². The number of hydrogen-bond acceptors (Lipinski definition) is 3. The minimum Gasteiger partial charge on any atom is -0.493 e. The Morgan fingerprint density at radius 1 is 1.04 bits per heavy atom. The van der Waals surface area contributed by atoms with Crippen molar-refractivity contribution in [2.24, 2.45) is 0 Å². The zero-order valence-electron chi connectivity index (χ0n) is 14.5. The van der Waals surface area contributed by atoms with Gasteiger partial charge < -0.3 is 10.1 Å². The van der Waals surface area contributed by atoms with Crippen LogP contribution >= 0.6 is 12.2 Å². The highest BCUT2D eigenvalue weighted by atomic mass is 32.1. The summed E-state index contributed by atoms with van der Waals surface area (Å²) in [6.07, 6.45) is 0.238. The van der Waals surface area contributed by atoms with Crippen LogP contribution in [0, 0.1) is 13.8 Å². The van der Waals surface area contributed by atoms with E-state index >= 15 is 0 Å². The maximum atomic E-state index is 11.8. The molecule has 0 radical (unpaired) electrons. The third-order valence-electron chi connectivity index (χ3n) is 3.75. The van der Waals surface area contributed by atoms with E-state index in [-0.39, 0.29) is 12.3 Å². The van der Waals surface area contributed by atoms with Gasteiger partial charge >= 0.3 is 0 Å². The molecule has 0 heterocycles. The maximum Gasteiger partial charge on any atom is 0.241 e. The zero-order chi connectivity index (χ0) is 18.1. The summed E-state index contributed by atoms with van der Waals surface area (Å²) in [5.41, 5.74) is 8.61. The molecule has 0 aliphatic rings. The number of nitrogens with one attached hydrogen (secondary N) is 3. The average molecular weight is 357 g/mol. The lowest BCUT2D eigenvalue weighted by molar-refractivity contribution is -0.122. The number of hydrazine groups is 1. The first kappa shape index (κ1) is 18.7. The van der Waals surface area contributed by atoms with Crippen LogP contribution in [0.25, 0.3) is 0 Å². The van der Waals surface area contributed by atoms with E-state index in [0.717, 1.165) is 16.9 Å². The molecule has 5 nitrogen and oxygen atoms in total. The standard InChI is InChI=1S/C19H23N3O2S/c1-14-7-6-10-17(15(14)2)24-12-11-18(23)21-22-19(25)20-13-16-8-4-3-5-9-16/h3-10H,11-13H2,1-2H3,(H,21,23)(H2,20,22,25). The number of carbonyl (C=O) groups excluding carboxylic acids is 1. The maximum absolute atomic E-state index is 11.8. The van der Waals surface area contributed by atoms with E-state index in [4.69, 9.17) is 17.0 Å². The van der Waals surface area contributed by atoms with Gasteiger partial charge in [0.25, 0.3) is 0 Å². The van der Waals surface area contributed by atoms with Gasteiger partial charge in [0.15, 0.2) is 5.11 Å². The van der Waals surface area contributed by atoms with Crippen LogP contribution in [0.1, 0.15) is 23.1 Å². The predicted octanol–water partition coefficient (Wildman–Crippen LogP) is 2.77. The molecule has 0 aliphatic heterocycles. The summed E-state index contributed by atoms with van der Waals surface area (Å²) in [5.74, 6) is 0.620. The lowest BCUT2D eigenvalue weighted by atomic mass is 10.1. The predicted molar refractivity (Wildman–Crippen MR) is 103 cm³/mol. The first-order valence-corrected chi connectivity index (χ1v) is 8.52. The van der Waals surface area contributed by atoms with Crippen LogP contribution in [0.3, 0.4) is 0 Å². The van der Waals surface area contributed by atoms with Crippen LogP contribution < -0.4 is 20.9 Å². The van der Waals surface area contributed by atoms with E-state index in [1.807, 2.05) is 62.4 Å². The molecular formula is C19H23N3O2S. The number of thiocarbonyl (C=S) groups is 1. The van der Waals surface area contributed by atoms with E-state index < -0.39 is 0 Å². The van der Waals surface area contributed by atoms with Crippen LogP contribution in [0.2, 0.25) is 0 Å². The van der Waals surface area contributed by atoms with Gasteiger partial charge in [-0.25, -0.2) is 0 Å². The fourth-order valence-corrected chi connectivity index (χ4v) is 2.27. The summed E-state index contributed by atoms with van der Waals surface area (Å²) in [7, 11) is 0. The highest BCUT2D eigenvalue weighted by Gasteiger charge is 2.05. The summed E-state index contributed by atoms with van der Waals surface area (Å²) in [6.45, 7) is 4.94. The van der Waals surface area contributed by atoms with Crippen molar-refractivity contribution in [3.05, 3.63) is 65.2 Å². The second-order valence-electron chi connectivity index (χ2n) is 5.64. The molecule has 0 atom stereocenters. The third kappa shape index (κ3) is 6.43. The Morgan fingerprint density at radius 2 is 1.80 bits per heavy atom. The van der Waals surface area contributed by atoms with E-state index in [0.29, 0.717) is 18.3 Å². The smallest absolute Gasteiger partial charge is 0.241 e. The Labute approximate surface area is 153 Å². The molecule has 2 aromatic rings. The fraction of sp³-hybridized carbons (Fsp3) is 0.263. The molecule has 2 aromatic carbocycles. The SMILES string of the molecule is Cc1cccc(OCCC(=O)NNC(=S)NCc2ccccc2)c1C. The topological polar surface area (TPSA) is 62.4 Å². The first-order valence-electron chi connectivity index (χ1n) is 8.12. The number of rotatable bonds is 6. The first-order chi connectivity index (χ1) is 12.1. The van der Waals surface area contributed by atoms with Gasteiger partial charge in [0.05, 0.1) is 13.0 Å². The highest BCUT2D eigenvalue weighted by Crippen LogP contribution is 2.20. The third-order valence-corrected chi connectivity index (χ3v) is 4.00. The number of benzene rings is 2. The lowest BCUT2D eigenvalue weighted by Crippen LogP contribution is -2.46. The molecule has 6 heteroatoms. The summed E-state index contributed by atoms with van der Waals surface area (Å²) < 4.78 is 5.66. The molecule has 0 aromatic heterocycles. The normalized spacial score (nSPS) is 10.0. The molecule has 132 valence electrons. The van der Waals surface area contributed by atoms with E-state index in [1.54, 1.807) is 0 Å². The highest BCUT2D eigenvalue weighted by molar-refractivity contribution is 7.80. The van der Waals surface area contributed by atoms with Gasteiger partial charge in [-0.2, -0.15) is 0 Å². The van der Waals surface area contributed by atoms with Crippen molar-refractivity contribution in [3.63, 3.8) is 0 Å². The Bertz CT molecular complexity index is 720. The van der Waals surface area contributed by atoms with Crippen molar-refractivity contribution < 1.29 is 9.53 Å². The Hall–Kier alpha value is -2.60. The fourth-order valence-electron chi connectivity index (χ4n) is 2.15. The van der Waals surface area contributed by atoms with E-state index in [2.05, 4.69) is 16.2 Å². The zero-order valence-corrected chi connectivity index (χ0v) is 15.3. The van der Waals surface area contributed by atoms with Crippen LogP contribution in [0.4, 0.5) is 0 Å². The largest absolute Gasteiger partial charge is 0.493 e. The Morgan fingerprint density at radius 3 is 2.56 bits per heavy atom. The van der Waals surface area contributed by atoms with Crippen molar-refractivity contribution in [2.75, 3.05) is 6.61 Å².